The molecule has 3 atom stereocenters. The van der Waals surface area contributed by atoms with Gasteiger partial charge in [-0.3, -0.25) is 4.98 Å². The third-order valence-electron chi connectivity index (χ3n) is 5.39. The second-order valence-corrected chi connectivity index (χ2v) is 6.57. The predicted octanol–water partition coefficient (Wildman–Crippen LogP) is 3.39. The lowest BCUT2D eigenvalue weighted by atomic mass is 9.89. The van der Waals surface area contributed by atoms with E-state index in [9.17, 15) is 0 Å². The molecule has 116 valence electrons. The molecule has 22 heavy (non-hydrogen) atoms. The Kier molecular flexibility index (Phi) is 3.60. The number of pyridine rings is 1. The number of nitrogens with zero attached hydrogens (tertiary/aromatic N) is 1. The summed E-state index contributed by atoms with van der Waals surface area (Å²) in [4.78, 5) is 14.8. The van der Waals surface area contributed by atoms with Crippen LogP contribution in [0.5, 0.6) is 0 Å². The van der Waals surface area contributed by atoms with Crippen LogP contribution in [0.15, 0.2) is 36.5 Å². The van der Waals surface area contributed by atoms with E-state index in [1.54, 1.807) is 7.11 Å². The number of aromatic nitrogens is 1. The van der Waals surface area contributed by atoms with Crippen molar-refractivity contribution >= 4 is 10.9 Å². The minimum absolute atomic E-state index is 0.0757. The number of para-hydroxylation sites is 1. The summed E-state index contributed by atoms with van der Waals surface area (Å²) < 4.78 is 0. The zero-order valence-electron chi connectivity index (χ0n) is 12.9. The molecule has 1 aromatic carbocycles. The van der Waals surface area contributed by atoms with Crippen LogP contribution in [0.1, 0.15) is 37.3 Å². The molecule has 4 nitrogen and oxygen atoms in total. The molecule has 2 aromatic rings. The van der Waals surface area contributed by atoms with Crippen molar-refractivity contribution in [2.24, 2.45) is 5.92 Å². The average molecular weight is 298 g/mol. The van der Waals surface area contributed by atoms with Crippen LogP contribution in [0, 0.1) is 5.92 Å². The molecule has 0 bridgehead atoms. The maximum Gasteiger partial charge on any atom is 0.101 e. The van der Waals surface area contributed by atoms with Crippen LogP contribution in [0.3, 0.4) is 0 Å². The van der Waals surface area contributed by atoms with Crippen molar-refractivity contribution in [2.45, 2.75) is 37.3 Å². The Morgan fingerprint density at radius 3 is 3.18 bits per heavy atom. The van der Waals surface area contributed by atoms with Gasteiger partial charge in [-0.25, -0.2) is 9.78 Å². The van der Waals surface area contributed by atoms with Gasteiger partial charge in [0, 0.05) is 23.2 Å². The first-order chi connectivity index (χ1) is 10.8. The van der Waals surface area contributed by atoms with Gasteiger partial charge in [0.1, 0.15) is 6.61 Å². The fraction of sp³-hybridized carbons (Fsp3) is 0.500. The second-order valence-electron chi connectivity index (χ2n) is 6.57. The molecule has 1 N–H and O–H groups in total. The molecule has 0 spiro atoms. The Morgan fingerprint density at radius 1 is 1.36 bits per heavy atom. The highest BCUT2D eigenvalue weighted by Gasteiger charge is 2.50. The molecule has 0 radical (unpaired) electrons. The summed E-state index contributed by atoms with van der Waals surface area (Å²) >= 11 is 0. The second kappa shape index (κ2) is 5.61. The number of rotatable bonds is 4. The molecule has 2 heterocycles. The Labute approximate surface area is 130 Å². The van der Waals surface area contributed by atoms with Crippen molar-refractivity contribution in [3.05, 3.63) is 42.1 Å². The Hall–Kier alpha value is -1.49. The summed E-state index contributed by atoms with van der Waals surface area (Å²) in [6.07, 6.45) is 6.89. The molecule has 4 heteroatoms. The summed E-state index contributed by atoms with van der Waals surface area (Å²) in [6.45, 7) is 0.631. The summed E-state index contributed by atoms with van der Waals surface area (Å²) in [6, 6.07) is 10.9. The number of benzene rings is 1. The maximum atomic E-state index is 5.30. The first-order valence-corrected chi connectivity index (χ1v) is 8.09. The maximum absolute atomic E-state index is 5.30. The van der Waals surface area contributed by atoms with Crippen molar-refractivity contribution in [1.29, 1.82) is 0 Å². The van der Waals surface area contributed by atoms with Gasteiger partial charge in [-0.1, -0.05) is 24.6 Å². The molecule has 1 aliphatic carbocycles. The highest BCUT2D eigenvalue weighted by molar-refractivity contribution is 5.78. The molecule has 1 aliphatic heterocycles. The largest absolute Gasteiger partial charge is 0.302 e. The SMILES string of the molecule is COOC[C@]12CCC[C@H]1C[C@H](c1cnc3ccccc3c1)N2. The van der Waals surface area contributed by atoms with Crippen LogP contribution >= 0.6 is 0 Å². The minimum atomic E-state index is 0.0757. The summed E-state index contributed by atoms with van der Waals surface area (Å²) in [5.41, 5.74) is 2.42. The highest BCUT2D eigenvalue weighted by Crippen LogP contribution is 2.48. The van der Waals surface area contributed by atoms with Crippen molar-refractivity contribution in [1.82, 2.24) is 10.3 Å². The molecule has 2 aliphatic rings. The lowest BCUT2D eigenvalue weighted by Crippen LogP contribution is -2.46. The van der Waals surface area contributed by atoms with Gasteiger partial charge in [-0.05, 0) is 42.9 Å². The van der Waals surface area contributed by atoms with Crippen molar-refractivity contribution in [3.63, 3.8) is 0 Å². The Morgan fingerprint density at radius 2 is 2.27 bits per heavy atom. The van der Waals surface area contributed by atoms with E-state index in [0.717, 1.165) is 11.9 Å². The third kappa shape index (κ3) is 2.32. The third-order valence-corrected chi connectivity index (χ3v) is 5.39. The van der Waals surface area contributed by atoms with E-state index in [0.29, 0.717) is 18.6 Å². The van der Waals surface area contributed by atoms with Gasteiger partial charge < -0.3 is 5.32 Å². The fourth-order valence-corrected chi connectivity index (χ4v) is 4.26. The summed E-state index contributed by atoms with van der Waals surface area (Å²) in [5, 5.41) is 5.05. The molecular formula is C18H22N2O2. The van der Waals surface area contributed by atoms with Gasteiger partial charge in [0.2, 0.25) is 0 Å². The van der Waals surface area contributed by atoms with E-state index in [2.05, 4.69) is 34.6 Å². The Bertz CT molecular complexity index is 675. The average Bonchev–Trinajstić information content (AvgIpc) is 3.09. The van der Waals surface area contributed by atoms with Crippen molar-refractivity contribution in [3.8, 4) is 0 Å². The van der Waals surface area contributed by atoms with Crippen LogP contribution in [-0.4, -0.2) is 24.2 Å². The van der Waals surface area contributed by atoms with E-state index in [-0.39, 0.29) is 5.54 Å². The van der Waals surface area contributed by atoms with Gasteiger partial charge in [-0.15, -0.1) is 0 Å². The van der Waals surface area contributed by atoms with Crippen molar-refractivity contribution < 1.29 is 9.78 Å². The topological polar surface area (TPSA) is 43.4 Å². The highest BCUT2D eigenvalue weighted by atomic mass is 17.2. The molecule has 0 amide bonds. The number of nitrogens with one attached hydrogen (secondary N) is 1. The fourth-order valence-electron chi connectivity index (χ4n) is 4.26. The van der Waals surface area contributed by atoms with Gasteiger partial charge in [0.05, 0.1) is 12.6 Å². The standard InChI is InChI=1S/C18H22N2O2/c1-21-22-12-18-8-4-6-15(18)10-17(20-18)14-9-13-5-2-3-7-16(13)19-11-14/h2-3,5,7,9,11,15,17,20H,4,6,8,10,12H2,1H3/t15-,17+,18+/m0/s1. The minimum Gasteiger partial charge on any atom is -0.302 e. The first kappa shape index (κ1) is 14.1. The van der Waals surface area contributed by atoms with Crippen LogP contribution < -0.4 is 5.32 Å². The van der Waals surface area contributed by atoms with Crippen LogP contribution in [0.25, 0.3) is 10.9 Å². The van der Waals surface area contributed by atoms with Crippen LogP contribution in [-0.2, 0) is 9.78 Å². The number of hydrogen-bond acceptors (Lipinski definition) is 4. The molecule has 1 saturated heterocycles. The predicted molar refractivity (Wildman–Crippen MR) is 85.3 cm³/mol. The number of fused-ring (bicyclic) bond motifs is 2. The summed E-state index contributed by atoms with van der Waals surface area (Å²) in [7, 11) is 1.58. The monoisotopic (exact) mass is 298 g/mol. The van der Waals surface area contributed by atoms with E-state index in [1.807, 2.05) is 12.3 Å². The van der Waals surface area contributed by atoms with Gasteiger partial charge >= 0.3 is 0 Å². The first-order valence-electron chi connectivity index (χ1n) is 8.09. The van der Waals surface area contributed by atoms with E-state index in [4.69, 9.17) is 9.78 Å². The van der Waals surface area contributed by atoms with E-state index < -0.39 is 0 Å². The molecule has 1 aromatic heterocycles. The zero-order valence-corrected chi connectivity index (χ0v) is 12.9. The zero-order chi connectivity index (χ0) is 15.0. The van der Waals surface area contributed by atoms with Gasteiger partial charge in [-0.2, -0.15) is 0 Å². The van der Waals surface area contributed by atoms with Crippen LogP contribution in [0.2, 0.25) is 0 Å². The van der Waals surface area contributed by atoms with Gasteiger partial charge in [0.15, 0.2) is 0 Å². The smallest absolute Gasteiger partial charge is 0.101 e. The van der Waals surface area contributed by atoms with E-state index in [1.165, 1.54) is 30.2 Å². The Balaban J connectivity index is 1.60. The molecule has 1 saturated carbocycles. The lowest BCUT2D eigenvalue weighted by Gasteiger charge is -2.29. The van der Waals surface area contributed by atoms with Gasteiger partial charge in [0.25, 0.3) is 0 Å². The quantitative estimate of drug-likeness (QED) is 0.694. The normalized spacial score (nSPS) is 30.8. The van der Waals surface area contributed by atoms with Crippen molar-refractivity contribution in [2.75, 3.05) is 13.7 Å². The van der Waals surface area contributed by atoms with Crippen LogP contribution in [0.4, 0.5) is 0 Å². The summed E-state index contributed by atoms with van der Waals surface area (Å²) in [5.74, 6) is 0.666. The molecular weight excluding hydrogens is 276 g/mol. The number of hydrogen-bond donors (Lipinski definition) is 1. The molecule has 0 unspecified atom stereocenters. The van der Waals surface area contributed by atoms with E-state index >= 15 is 0 Å². The molecule has 2 fully saturated rings. The lowest BCUT2D eigenvalue weighted by molar-refractivity contribution is -0.284. The molecule has 4 rings (SSSR count).